The summed E-state index contributed by atoms with van der Waals surface area (Å²) in [6.07, 6.45) is -3.89. The van der Waals surface area contributed by atoms with Crippen molar-refractivity contribution in [3.05, 3.63) is 30.3 Å². The van der Waals surface area contributed by atoms with E-state index in [4.69, 9.17) is 9.47 Å². The molecule has 1 fully saturated rings. The standard InChI is InChI=1S/C16H20N2O6S/c1-2-18(16(22)23-9-6-4-3-5-7-9)15-17-11-13(21)12(20)10(8-19)24-14(11)25-15/h3-7,10-14,19-21H,2,8H2,1H3/t10-,11-,12?,13-,14-/m1/s1. The Hall–Kier alpha value is -1.65. The Labute approximate surface area is 149 Å². The highest BCUT2D eigenvalue weighted by atomic mass is 32.2. The number of fused-ring (bicyclic) bond motifs is 1. The summed E-state index contributed by atoms with van der Waals surface area (Å²) in [5.41, 5.74) is -0.580. The number of para-hydroxylation sites is 1. The average Bonchev–Trinajstić information content (AvgIpc) is 3.03. The van der Waals surface area contributed by atoms with E-state index < -0.39 is 42.5 Å². The molecule has 136 valence electrons. The molecule has 1 unspecified atom stereocenters. The highest BCUT2D eigenvalue weighted by molar-refractivity contribution is 8.14. The van der Waals surface area contributed by atoms with Crippen LogP contribution < -0.4 is 4.74 Å². The molecule has 1 amide bonds. The number of ether oxygens (including phenoxy) is 2. The van der Waals surface area contributed by atoms with E-state index in [0.717, 1.165) is 11.8 Å². The fourth-order valence-electron chi connectivity index (χ4n) is 2.68. The van der Waals surface area contributed by atoms with Crippen LogP contribution in [0.5, 0.6) is 5.75 Å². The van der Waals surface area contributed by atoms with Gasteiger partial charge in [0.05, 0.1) is 6.61 Å². The Morgan fingerprint density at radius 2 is 2.04 bits per heavy atom. The van der Waals surface area contributed by atoms with Gasteiger partial charge in [0.1, 0.15) is 35.5 Å². The molecule has 25 heavy (non-hydrogen) atoms. The number of thioether (sulfide) groups is 1. The highest BCUT2D eigenvalue weighted by Gasteiger charge is 2.49. The maximum absolute atomic E-state index is 12.4. The van der Waals surface area contributed by atoms with E-state index in [1.807, 2.05) is 6.07 Å². The van der Waals surface area contributed by atoms with Crippen molar-refractivity contribution in [2.45, 2.75) is 36.7 Å². The van der Waals surface area contributed by atoms with Crippen molar-refractivity contribution >= 4 is 23.0 Å². The number of benzene rings is 1. The summed E-state index contributed by atoms with van der Waals surface area (Å²) in [5.74, 6) is 0.416. The molecule has 1 aromatic rings. The second kappa shape index (κ2) is 7.71. The zero-order chi connectivity index (χ0) is 18.0. The predicted octanol–water partition coefficient (Wildman–Crippen LogP) is 0.418. The summed E-state index contributed by atoms with van der Waals surface area (Å²) in [7, 11) is 0. The van der Waals surface area contributed by atoms with Crippen molar-refractivity contribution in [1.82, 2.24) is 4.90 Å². The van der Waals surface area contributed by atoms with Crippen LogP contribution >= 0.6 is 11.8 Å². The smallest absolute Gasteiger partial charge is 0.410 e. The quantitative estimate of drug-likeness (QED) is 0.709. The van der Waals surface area contributed by atoms with E-state index in [1.54, 1.807) is 31.2 Å². The number of carbonyl (C=O) groups is 1. The zero-order valence-corrected chi connectivity index (χ0v) is 14.4. The lowest BCUT2D eigenvalue weighted by atomic mass is 9.99. The first kappa shape index (κ1) is 18.2. The molecule has 0 radical (unpaired) electrons. The number of hydrogen-bond acceptors (Lipinski definition) is 8. The third kappa shape index (κ3) is 3.65. The Balaban J connectivity index is 1.73. The minimum Gasteiger partial charge on any atom is -0.410 e. The average molecular weight is 368 g/mol. The molecule has 3 N–H and O–H groups in total. The molecule has 0 saturated carbocycles. The van der Waals surface area contributed by atoms with Gasteiger partial charge >= 0.3 is 6.09 Å². The van der Waals surface area contributed by atoms with Crippen molar-refractivity contribution < 1.29 is 29.6 Å². The van der Waals surface area contributed by atoms with Gasteiger partial charge in [-0.3, -0.25) is 9.89 Å². The van der Waals surface area contributed by atoms with E-state index in [0.29, 0.717) is 17.5 Å². The van der Waals surface area contributed by atoms with Gasteiger partial charge in [-0.2, -0.15) is 0 Å². The summed E-state index contributed by atoms with van der Waals surface area (Å²) in [6.45, 7) is 1.68. The SMILES string of the molecule is CCN(C(=O)Oc1ccccc1)C1=N[C@H]2[C@H](O[C@H](CO)C(O)[C@@H]2O)S1. The Bertz CT molecular complexity index is 643. The van der Waals surface area contributed by atoms with Gasteiger partial charge in [0.15, 0.2) is 5.17 Å². The molecular formula is C16H20N2O6S. The van der Waals surface area contributed by atoms with Crippen LogP contribution in [0.2, 0.25) is 0 Å². The Morgan fingerprint density at radius 3 is 2.68 bits per heavy atom. The van der Waals surface area contributed by atoms with Crippen LogP contribution in [0.15, 0.2) is 35.3 Å². The number of aliphatic imine (C=N–C) groups is 1. The fourth-order valence-corrected chi connectivity index (χ4v) is 3.96. The molecule has 2 aliphatic rings. The van der Waals surface area contributed by atoms with Crippen LogP contribution in [0.3, 0.4) is 0 Å². The van der Waals surface area contributed by atoms with Crippen molar-refractivity contribution in [1.29, 1.82) is 0 Å². The van der Waals surface area contributed by atoms with Crippen LogP contribution in [0.25, 0.3) is 0 Å². The van der Waals surface area contributed by atoms with E-state index in [1.165, 1.54) is 4.90 Å². The van der Waals surface area contributed by atoms with Gasteiger partial charge in [0, 0.05) is 6.54 Å². The predicted molar refractivity (Wildman–Crippen MR) is 91.4 cm³/mol. The number of carbonyl (C=O) groups excluding carboxylic acids is 1. The van der Waals surface area contributed by atoms with E-state index in [-0.39, 0.29) is 0 Å². The van der Waals surface area contributed by atoms with Crippen LogP contribution in [-0.2, 0) is 4.74 Å². The third-order valence-corrected chi connectivity index (χ3v) is 5.20. The lowest BCUT2D eigenvalue weighted by molar-refractivity contribution is -0.164. The van der Waals surface area contributed by atoms with Gasteiger partial charge in [-0.15, -0.1) is 0 Å². The number of rotatable bonds is 3. The van der Waals surface area contributed by atoms with Crippen molar-refractivity contribution in [2.75, 3.05) is 13.2 Å². The molecule has 9 heteroatoms. The molecule has 0 bridgehead atoms. The number of amidine groups is 1. The lowest BCUT2D eigenvalue weighted by Gasteiger charge is -2.37. The summed E-state index contributed by atoms with van der Waals surface area (Å²) in [6, 6.07) is 7.97. The van der Waals surface area contributed by atoms with Gasteiger partial charge in [0.2, 0.25) is 0 Å². The van der Waals surface area contributed by atoms with Crippen LogP contribution in [0.4, 0.5) is 4.79 Å². The third-order valence-electron chi connectivity index (χ3n) is 4.05. The molecule has 8 nitrogen and oxygen atoms in total. The minimum atomic E-state index is -1.23. The Kier molecular flexibility index (Phi) is 5.60. The van der Waals surface area contributed by atoms with Crippen molar-refractivity contribution in [2.24, 2.45) is 4.99 Å². The molecule has 3 rings (SSSR count). The van der Waals surface area contributed by atoms with Crippen molar-refractivity contribution in [3.63, 3.8) is 0 Å². The monoisotopic (exact) mass is 368 g/mol. The fraction of sp³-hybridized carbons (Fsp3) is 0.500. The summed E-state index contributed by atoms with van der Waals surface area (Å²) in [4.78, 5) is 18.1. The topological polar surface area (TPSA) is 112 Å². The molecule has 1 saturated heterocycles. The highest BCUT2D eigenvalue weighted by Crippen LogP contribution is 2.37. The van der Waals surface area contributed by atoms with E-state index in [2.05, 4.69) is 4.99 Å². The molecule has 0 spiro atoms. The van der Waals surface area contributed by atoms with Gasteiger partial charge in [-0.1, -0.05) is 30.0 Å². The largest absolute Gasteiger partial charge is 0.421 e. The summed E-state index contributed by atoms with van der Waals surface area (Å²) < 4.78 is 10.9. The number of aliphatic hydroxyl groups excluding tert-OH is 3. The zero-order valence-electron chi connectivity index (χ0n) is 13.6. The van der Waals surface area contributed by atoms with Crippen molar-refractivity contribution in [3.8, 4) is 5.75 Å². The number of hydrogen-bond donors (Lipinski definition) is 3. The number of amides is 1. The molecule has 0 aliphatic carbocycles. The number of nitrogens with zero attached hydrogens (tertiary/aromatic N) is 2. The maximum Gasteiger partial charge on any atom is 0.421 e. The maximum atomic E-state index is 12.4. The molecule has 2 heterocycles. The molecule has 5 atom stereocenters. The van der Waals surface area contributed by atoms with Gasteiger partial charge in [-0.25, -0.2) is 4.79 Å². The second-order valence-corrected chi connectivity index (χ2v) is 6.72. The minimum absolute atomic E-state index is 0.318. The molecule has 0 aromatic heterocycles. The Morgan fingerprint density at radius 1 is 1.32 bits per heavy atom. The molecule has 1 aromatic carbocycles. The van der Waals surface area contributed by atoms with Gasteiger partial charge < -0.3 is 24.8 Å². The van der Waals surface area contributed by atoms with Gasteiger partial charge in [-0.05, 0) is 19.1 Å². The van der Waals surface area contributed by atoms with Gasteiger partial charge in [0.25, 0.3) is 0 Å². The first-order valence-corrected chi connectivity index (χ1v) is 8.84. The summed E-state index contributed by atoms with van der Waals surface area (Å²) >= 11 is 1.16. The molecular weight excluding hydrogens is 348 g/mol. The van der Waals surface area contributed by atoms with Crippen LogP contribution in [-0.4, -0.2) is 74.4 Å². The normalized spacial score (nSPS) is 31.2. The first-order valence-electron chi connectivity index (χ1n) is 7.96. The number of aliphatic hydroxyl groups is 3. The summed E-state index contributed by atoms with van der Waals surface area (Å²) in [5, 5.41) is 29.7. The molecule has 2 aliphatic heterocycles. The first-order chi connectivity index (χ1) is 12.0. The van der Waals surface area contributed by atoms with Crippen LogP contribution in [0.1, 0.15) is 6.92 Å². The van der Waals surface area contributed by atoms with Crippen LogP contribution in [0, 0.1) is 0 Å². The lowest BCUT2D eigenvalue weighted by Crippen LogP contribution is -2.55. The second-order valence-electron chi connectivity index (χ2n) is 5.65. The van der Waals surface area contributed by atoms with E-state index >= 15 is 0 Å². The van der Waals surface area contributed by atoms with E-state index in [9.17, 15) is 20.1 Å².